The molecular formula is C13H23NO2. The van der Waals surface area contributed by atoms with Gasteiger partial charge in [-0.15, -0.1) is 0 Å². The highest BCUT2D eigenvalue weighted by Crippen LogP contribution is 2.41. The lowest BCUT2D eigenvalue weighted by atomic mass is 9.78. The lowest BCUT2D eigenvalue weighted by Crippen LogP contribution is -3.19. The molecule has 6 unspecified atom stereocenters. The summed E-state index contributed by atoms with van der Waals surface area (Å²) in [6.45, 7) is 8.44. The highest BCUT2D eigenvalue weighted by Gasteiger charge is 2.44. The summed E-state index contributed by atoms with van der Waals surface area (Å²) in [7, 11) is 0. The normalized spacial score (nSPS) is 45.1. The van der Waals surface area contributed by atoms with Crippen molar-refractivity contribution >= 4 is 5.97 Å². The van der Waals surface area contributed by atoms with Crippen LogP contribution in [0.3, 0.4) is 0 Å². The number of nitrogens with one attached hydrogen (secondary N) is 1. The minimum Gasteiger partial charge on any atom is -0.544 e. The molecule has 1 aliphatic carbocycles. The van der Waals surface area contributed by atoms with Crippen LogP contribution in [0.25, 0.3) is 0 Å². The van der Waals surface area contributed by atoms with E-state index < -0.39 is 5.97 Å². The summed E-state index contributed by atoms with van der Waals surface area (Å²) in [6, 6.07) is -0.351. The van der Waals surface area contributed by atoms with Crippen molar-refractivity contribution in [1.29, 1.82) is 0 Å². The van der Waals surface area contributed by atoms with Crippen LogP contribution in [-0.2, 0) is 4.79 Å². The third-order valence-corrected chi connectivity index (χ3v) is 5.02. The van der Waals surface area contributed by atoms with Gasteiger partial charge in [0, 0.05) is 11.8 Å². The fourth-order valence-electron chi connectivity index (χ4n) is 3.84. The van der Waals surface area contributed by atoms with Crippen LogP contribution in [0, 0.1) is 23.7 Å². The highest BCUT2D eigenvalue weighted by atomic mass is 16.4. The SMILES string of the molecule is CC1C[NH+](C(C)C(=O)[O-])CC2C(C)CCC12. The number of rotatable bonds is 2. The van der Waals surface area contributed by atoms with Gasteiger partial charge in [-0.1, -0.05) is 13.8 Å². The average molecular weight is 225 g/mol. The van der Waals surface area contributed by atoms with Crippen LogP contribution in [-0.4, -0.2) is 25.1 Å². The zero-order valence-corrected chi connectivity index (χ0v) is 10.5. The molecule has 0 spiro atoms. The predicted octanol–water partition coefficient (Wildman–Crippen LogP) is -0.678. The van der Waals surface area contributed by atoms with Gasteiger partial charge < -0.3 is 14.8 Å². The maximum absolute atomic E-state index is 10.9. The summed E-state index contributed by atoms with van der Waals surface area (Å²) < 4.78 is 0. The Balaban J connectivity index is 2.07. The fourth-order valence-corrected chi connectivity index (χ4v) is 3.84. The topological polar surface area (TPSA) is 44.6 Å². The number of likely N-dealkylation sites (tertiary alicyclic amines) is 1. The molecule has 0 aromatic heterocycles. The summed E-state index contributed by atoms with van der Waals surface area (Å²) in [6.07, 6.45) is 2.67. The van der Waals surface area contributed by atoms with E-state index in [9.17, 15) is 9.90 Å². The van der Waals surface area contributed by atoms with Gasteiger partial charge in [0.2, 0.25) is 0 Å². The van der Waals surface area contributed by atoms with Crippen molar-refractivity contribution in [1.82, 2.24) is 0 Å². The van der Waals surface area contributed by atoms with Gasteiger partial charge in [0.15, 0.2) is 0 Å². The van der Waals surface area contributed by atoms with Crippen LogP contribution in [0.4, 0.5) is 0 Å². The molecule has 1 saturated carbocycles. The van der Waals surface area contributed by atoms with Crippen molar-refractivity contribution < 1.29 is 14.8 Å². The molecule has 2 aliphatic rings. The molecule has 0 bridgehead atoms. The van der Waals surface area contributed by atoms with E-state index in [2.05, 4.69) is 13.8 Å². The molecule has 0 radical (unpaired) electrons. The number of fused-ring (bicyclic) bond motifs is 1. The van der Waals surface area contributed by atoms with Gasteiger partial charge in [-0.3, -0.25) is 0 Å². The van der Waals surface area contributed by atoms with E-state index in [4.69, 9.17) is 0 Å². The number of quaternary nitrogens is 1. The van der Waals surface area contributed by atoms with Crippen molar-refractivity contribution in [2.45, 2.75) is 39.7 Å². The van der Waals surface area contributed by atoms with Crippen molar-refractivity contribution in [3.05, 3.63) is 0 Å². The van der Waals surface area contributed by atoms with Crippen LogP contribution in [0.2, 0.25) is 0 Å². The third kappa shape index (κ3) is 1.97. The molecule has 0 aromatic rings. The lowest BCUT2D eigenvalue weighted by molar-refractivity contribution is -0.930. The van der Waals surface area contributed by atoms with Gasteiger partial charge >= 0.3 is 0 Å². The number of carboxylic acid groups (broad SMARTS) is 1. The van der Waals surface area contributed by atoms with Crippen molar-refractivity contribution in [2.75, 3.05) is 13.1 Å². The first kappa shape index (κ1) is 11.9. The smallest absolute Gasteiger partial charge is 0.125 e. The summed E-state index contributed by atoms with van der Waals surface area (Å²) in [5.74, 6) is 2.12. The lowest BCUT2D eigenvalue weighted by Gasteiger charge is -2.41. The van der Waals surface area contributed by atoms with Crippen molar-refractivity contribution in [3.8, 4) is 0 Å². The molecule has 2 rings (SSSR count). The minimum atomic E-state index is -0.897. The molecule has 1 aliphatic heterocycles. The number of piperidine rings is 1. The Morgan fingerprint density at radius 2 is 1.88 bits per heavy atom. The Morgan fingerprint density at radius 3 is 2.50 bits per heavy atom. The molecule has 3 heteroatoms. The number of carbonyl (C=O) groups excluding carboxylic acids is 1. The van der Waals surface area contributed by atoms with Gasteiger partial charge in [0.1, 0.15) is 6.04 Å². The Morgan fingerprint density at radius 1 is 1.19 bits per heavy atom. The van der Waals surface area contributed by atoms with E-state index in [0.29, 0.717) is 5.92 Å². The number of hydrogen-bond donors (Lipinski definition) is 1. The monoisotopic (exact) mass is 225 g/mol. The maximum atomic E-state index is 10.9. The standard InChI is InChI=1S/C13H23NO2/c1-8-4-5-11-9(2)6-14(7-12(8)11)10(3)13(15)16/h8-12H,4-7H2,1-3H3,(H,15,16). The first-order valence-corrected chi connectivity index (χ1v) is 6.56. The number of carboxylic acids is 1. The Hall–Kier alpha value is -0.570. The molecule has 1 heterocycles. The van der Waals surface area contributed by atoms with Crippen LogP contribution >= 0.6 is 0 Å². The molecule has 92 valence electrons. The Kier molecular flexibility index (Phi) is 3.24. The van der Waals surface area contributed by atoms with Gasteiger partial charge in [-0.2, -0.15) is 0 Å². The Bertz CT molecular complexity index is 279. The number of hydrogen-bond acceptors (Lipinski definition) is 2. The molecule has 16 heavy (non-hydrogen) atoms. The molecule has 1 N–H and O–H groups in total. The van der Waals surface area contributed by atoms with E-state index >= 15 is 0 Å². The first-order valence-electron chi connectivity index (χ1n) is 6.56. The second-order valence-corrected chi connectivity index (χ2v) is 5.97. The van der Waals surface area contributed by atoms with Gasteiger partial charge in [-0.25, -0.2) is 0 Å². The second-order valence-electron chi connectivity index (χ2n) is 5.97. The zero-order chi connectivity index (χ0) is 11.9. The van der Waals surface area contributed by atoms with Gasteiger partial charge in [0.25, 0.3) is 0 Å². The van der Waals surface area contributed by atoms with E-state index in [-0.39, 0.29) is 6.04 Å². The first-order chi connectivity index (χ1) is 7.50. The van der Waals surface area contributed by atoms with Crippen LogP contribution < -0.4 is 10.0 Å². The van der Waals surface area contributed by atoms with E-state index in [0.717, 1.165) is 30.8 Å². The molecule has 1 saturated heterocycles. The van der Waals surface area contributed by atoms with Gasteiger partial charge in [0.05, 0.1) is 19.1 Å². The van der Waals surface area contributed by atoms with E-state index in [1.165, 1.54) is 17.7 Å². The predicted molar refractivity (Wildman–Crippen MR) is 59.7 cm³/mol. The maximum Gasteiger partial charge on any atom is 0.125 e. The highest BCUT2D eigenvalue weighted by molar-refractivity contribution is 5.68. The third-order valence-electron chi connectivity index (χ3n) is 5.02. The summed E-state index contributed by atoms with van der Waals surface area (Å²) in [4.78, 5) is 12.2. The van der Waals surface area contributed by atoms with Crippen molar-refractivity contribution in [3.63, 3.8) is 0 Å². The molecular weight excluding hydrogens is 202 g/mol. The molecule has 2 fully saturated rings. The van der Waals surface area contributed by atoms with E-state index in [1.54, 1.807) is 6.92 Å². The molecule has 0 amide bonds. The van der Waals surface area contributed by atoms with Crippen molar-refractivity contribution in [2.24, 2.45) is 23.7 Å². The van der Waals surface area contributed by atoms with Crippen LogP contribution in [0.5, 0.6) is 0 Å². The zero-order valence-electron chi connectivity index (χ0n) is 10.5. The summed E-state index contributed by atoms with van der Waals surface area (Å²) >= 11 is 0. The van der Waals surface area contributed by atoms with Crippen LogP contribution in [0.15, 0.2) is 0 Å². The minimum absolute atomic E-state index is 0.351. The fraction of sp³-hybridized carbons (Fsp3) is 0.923. The van der Waals surface area contributed by atoms with Gasteiger partial charge in [-0.05, 0) is 31.6 Å². The van der Waals surface area contributed by atoms with Crippen LogP contribution in [0.1, 0.15) is 33.6 Å². The number of carbonyl (C=O) groups is 1. The Labute approximate surface area is 97.8 Å². The largest absolute Gasteiger partial charge is 0.544 e. The summed E-state index contributed by atoms with van der Waals surface area (Å²) in [5.41, 5.74) is 0. The second kappa shape index (κ2) is 4.36. The molecule has 0 aromatic carbocycles. The van der Waals surface area contributed by atoms with E-state index in [1.807, 2.05) is 0 Å². The summed E-state index contributed by atoms with van der Waals surface area (Å²) in [5, 5.41) is 10.9. The quantitative estimate of drug-likeness (QED) is 0.677. The molecule has 3 nitrogen and oxygen atoms in total. The number of aliphatic carboxylic acids is 1. The average Bonchev–Trinajstić information content (AvgIpc) is 2.60. The molecule has 6 atom stereocenters.